The molecule has 0 unspecified atom stereocenters. The van der Waals surface area contributed by atoms with E-state index in [0.29, 0.717) is 6.61 Å². The average molecular weight is 381 g/mol. The maximum atomic E-state index is 14.7. The first-order valence-corrected chi connectivity index (χ1v) is 8.36. The minimum Gasteiger partial charge on any atom is -0.491 e. The SMILES string of the molecule is COC(=O)C1=C(C(=O)OC)N(c2c(F)cccc2OCC(C)(C)C)COC1. The van der Waals surface area contributed by atoms with Crippen LogP contribution in [0.2, 0.25) is 0 Å². The summed E-state index contributed by atoms with van der Waals surface area (Å²) in [6, 6.07) is 4.33. The summed E-state index contributed by atoms with van der Waals surface area (Å²) in [5.74, 6) is -1.96. The molecule has 1 heterocycles. The number of benzene rings is 1. The van der Waals surface area contributed by atoms with Gasteiger partial charge in [-0.25, -0.2) is 14.0 Å². The number of nitrogens with zero attached hydrogens (tertiary/aromatic N) is 1. The zero-order valence-electron chi connectivity index (χ0n) is 16.1. The molecule has 27 heavy (non-hydrogen) atoms. The first-order valence-electron chi connectivity index (χ1n) is 8.36. The Bertz CT molecular complexity index is 753. The highest BCUT2D eigenvalue weighted by Gasteiger charge is 2.35. The summed E-state index contributed by atoms with van der Waals surface area (Å²) in [6.45, 7) is 5.94. The van der Waals surface area contributed by atoms with Crippen molar-refractivity contribution in [2.45, 2.75) is 20.8 Å². The Labute approximate surface area is 157 Å². The molecule has 0 saturated heterocycles. The molecule has 0 radical (unpaired) electrons. The van der Waals surface area contributed by atoms with Gasteiger partial charge in [0.1, 0.15) is 23.9 Å². The van der Waals surface area contributed by atoms with Crippen molar-refractivity contribution in [2.24, 2.45) is 5.41 Å². The number of esters is 2. The molecule has 2 rings (SSSR count). The van der Waals surface area contributed by atoms with Crippen molar-refractivity contribution in [3.05, 3.63) is 35.3 Å². The quantitative estimate of drug-likeness (QED) is 0.726. The Morgan fingerprint density at radius 1 is 1.19 bits per heavy atom. The van der Waals surface area contributed by atoms with Gasteiger partial charge >= 0.3 is 11.9 Å². The number of carbonyl (C=O) groups is 2. The standard InChI is InChI=1S/C19H24FNO6/c1-19(2,3)10-27-14-8-6-7-13(20)16(14)21-11-26-9-12(17(22)24-4)15(21)18(23)25-5/h6-8H,9-11H2,1-5H3. The second-order valence-corrected chi connectivity index (χ2v) is 7.15. The molecule has 7 nitrogen and oxygen atoms in total. The van der Waals surface area contributed by atoms with E-state index in [1.165, 1.54) is 31.3 Å². The summed E-state index contributed by atoms with van der Waals surface area (Å²) < 4.78 is 35.4. The van der Waals surface area contributed by atoms with Gasteiger partial charge in [-0.15, -0.1) is 0 Å². The molecule has 0 amide bonds. The van der Waals surface area contributed by atoms with Crippen molar-refractivity contribution in [2.75, 3.05) is 39.1 Å². The number of rotatable bonds is 5. The molecule has 1 aliphatic heterocycles. The number of ether oxygens (including phenoxy) is 4. The predicted octanol–water partition coefficient (Wildman–Crippen LogP) is 2.64. The van der Waals surface area contributed by atoms with Crippen LogP contribution in [0, 0.1) is 11.2 Å². The smallest absolute Gasteiger partial charge is 0.355 e. The fourth-order valence-electron chi connectivity index (χ4n) is 2.49. The van der Waals surface area contributed by atoms with Gasteiger partial charge in [0.2, 0.25) is 0 Å². The van der Waals surface area contributed by atoms with Gasteiger partial charge in [-0.2, -0.15) is 0 Å². The van der Waals surface area contributed by atoms with Crippen molar-refractivity contribution in [3.63, 3.8) is 0 Å². The van der Waals surface area contributed by atoms with Crippen molar-refractivity contribution in [1.82, 2.24) is 0 Å². The lowest BCUT2D eigenvalue weighted by Crippen LogP contribution is -2.39. The van der Waals surface area contributed by atoms with Crippen LogP contribution in [0.4, 0.5) is 10.1 Å². The van der Waals surface area contributed by atoms with Crippen LogP contribution >= 0.6 is 0 Å². The highest BCUT2D eigenvalue weighted by atomic mass is 19.1. The van der Waals surface area contributed by atoms with Crippen LogP contribution in [0.15, 0.2) is 29.5 Å². The third kappa shape index (κ3) is 4.77. The summed E-state index contributed by atoms with van der Waals surface area (Å²) >= 11 is 0. The fraction of sp³-hybridized carbons (Fsp3) is 0.474. The molecule has 8 heteroatoms. The van der Waals surface area contributed by atoms with Gasteiger partial charge in [-0.3, -0.25) is 0 Å². The zero-order valence-corrected chi connectivity index (χ0v) is 16.1. The summed E-state index contributed by atoms with van der Waals surface area (Å²) in [4.78, 5) is 25.7. The number of hydrogen-bond acceptors (Lipinski definition) is 7. The molecule has 148 valence electrons. The monoisotopic (exact) mass is 381 g/mol. The van der Waals surface area contributed by atoms with E-state index in [9.17, 15) is 14.0 Å². The lowest BCUT2D eigenvalue weighted by atomic mass is 9.99. The van der Waals surface area contributed by atoms with E-state index in [2.05, 4.69) is 0 Å². The van der Waals surface area contributed by atoms with E-state index in [1.54, 1.807) is 6.07 Å². The first-order chi connectivity index (χ1) is 12.7. The van der Waals surface area contributed by atoms with E-state index < -0.39 is 17.8 Å². The molecule has 0 spiro atoms. The summed E-state index contributed by atoms with van der Waals surface area (Å²) in [5.41, 5.74) is -0.370. The number of methoxy groups -OCH3 is 2. The molecule has 0 aromatic heterocycles. The van der Waals surface area contributed by atoms with Crippen LogP contribution in [0.5, 0.6) is 5.75 Å². The summed E-state index contributed by atoms with van der Waals surface area (Å²) in [7, 11) is 2.36. The second kappa shape index (κ2) is 8.39. The number of anilines is 1. The lowest BCUT2D eigenvalue weighted by molar-refractivity contribution is -0.140. The topological polar surface area (TPSA) is 74.3 Å². The van der Waals surface area contributed by atoms with E-state index >= 15 is 0 Å². The molecule has 1 aromatic carbocycles. The van der Waals surface area contributed by atoms with Gasteiger partial charge in [-0.1, -0.05) is 26.8 Å². The normalized spacial score (nSPS) is 14.8. The van der Waals surface area contributed by atoms with Crippen LogP contribution in [-0.4, -0.2) is 46.1 Å². The molecule has 0 saturated carbocycles. The van der Waals surface area contributed by atoms with Gasteiger partial charge < -0.3 is 23.8 Å². The Kier molecular flexibility index (Phi) is 6.43. The van der Waals surface area contributed by atoms with Crippen molar-refractivity contribution >= 4 is 17.6 Å². The van der Waals surface area contributed by atoms with Crippen molar-refractivity contribution in [3.8, 4) is 5.75 Å². The maximum Gasteiger partial charge on any atom is 0.355 e. The number of hydrogen-bond donors (Lipinski definition) is 0. The lowest BCUT2D eigenvalue weighted by Gasteiger charge is -2.33. The predicted molar refractivity (Wildman–Crippen MR) is 95.7 cm³/mol. The minimum absolute atomic E-state index is 0.0109. The van der Waals surface area contributed by atoms with Crippen molar-refractivity contribution < 1.29 is 32.9 Å². The molecule has 0 N–H and O–H groups in total. The molecule has 0 bridgehead atoms. The number of halogens is 1. The van der Waals surface area contributed by atoms with Crippen LogP contribution in [-0.2, 0) is 23.8 Å². The van der Waals surface area contributed by atoms with E-state index in [4.69, 9.17) is 18.9 Å². The largest absolute Gasteiger partial charge is 0.491 e. The summed E-state index contributed by atoms with van der Waals surface area (Å²) in [6.07, 6.45) is 0. The van der Waals surface area contributed by atoms with Gasteiger partial charge in [0, 0.05) is 0 Å². The third-order valence-corrected chi connectivity index (χ3v) is 3.71. The van der Waals surface area contributed by atoms with Gasteiger partial charge in [0.05, 0.1) is 33.0 Å². The van der Waals surface area contributed by atoms with Gasteiger partial charge in [-0.05, 0) is 17.5 Å². The molecule has 0 aliphatic carbocycles. The molecule has 1 aliphatic rings. The Morgan fingerprint density at radius 3 is 2.44 bits per heavy atom. The highest BCUT2D eigenvalue weighted by Crippen LogP contribution is 2.37. The minimum atomic E-state index is -0.802. The molecule has 0 fully saturated rings. The molecule has 1 aromatic rings. The number of carbonyl (C=O) groups excluding carboxylic acids is 2. The third-order valence-electron chi connectivity index (χ3n) is 3.71. The number of para-hydroxylation sites is 1. The van der Waals surface area contributed by atoms with Crippen molar-refractivity contribution in [1.29, 1.82) is 0 Å². The van der Waals surface area contributed by atoms with Crippen LogP contribution in [0.1, 0.15) is 20.8 Å². The van der Waals surface area contributed by atoms with E-state index in [0.717, 1.165) is 0 Å². The fourth-order valence-corrected chi connectivity index (χ4v) is 2.49. The molecular weight excluding hydrogens is 357 g/mol. The van der Waals surface area contributed by atoms with Crippen LogP contribution in [0.3, 0.4) is 0 Å². The van der Waals surface area contributed by atoms with Crippen LogP contribution < -0.4 is 9.64 Å². The van der Waals surface area contributed by atoms with E-state index in [-0.39, 0.29) is 41.5 Å². The Morgan fingerprint density at radius 2 is 1.85 bits per heavy atom. The summed E-state index contributed by atoms with van der Waals surface area (Å²) in [5, 5.41) is 0. The van der Waals surface area contributed by atoms with Gasteiger partial charge in [0.25, 0.3) is 0 Å². The molecular formula is C19H24FNO6. The second-order valence-electron chi connectivity index (χ2n) is 7.15. The molecule has 0 atom stereocenters. The van der Waals surface area contributed by atoms with Gasteiger partial charge in [0.15, 0.2) is 5.82 Å². The highest BCUT2D eigenvalue weighted by molar-refractivity contribution is 6.03. The Hall–Kier alpha value is -2.61. The first kappa shape index (κ1) is 20.7. The van der Waals surface area contributed by atoms with E-state index in [1.807, 2.05) is 20.8 Å². The van der Waals surface area contributed by atoms with Crippen LogP contribution in [0.25, 0.3) is 0 Å². The average Bonchev–Trinajstić information content (AvgIpc) is 2.64. The maximum absolute atomic E-state index is 14.7. The zero-order chi connectivity index (χ0) is 20.2. The Balaban J connectivity index is 2.57.